The van der Waals surface area contributed by atoms with Gasteiger partial charge in [-0.25, -0.2) is 4.79 Å². The zero-order chi connectivity index (χ0) is 10.2. The number of halogens is 1. The van der Waals surface area contributed by atoms with Crippen LogP contribution in [0.4, 0.5) is 0 Å². The SMILES string of the molecule is O=C(/C=C/C1CCCCC1)OCCCl. The molecule has 0 aromatic rings. The number of hydrogen-bond acceptors (Lipinski definition) is 2. The number of carbonyl (C=O) groups excluding carboxylic acids is 1. The third kappa shape index (κ3) is 4.66. The molecule has 14 heavy (non-hydrogen) atoms. The number of rotatable bonds is 4. The van der Waals surface area contributed by atoms with Crippen molar-refractivity contribution in [3.8, 4) is 0 Å². The second-order valence-electron chi connectivity index (χ2n) is 3.61. The molecule has 2 nitrogen and oxygen atoms in total. The number of alkyl halides is 1. The molecule has 1 fully saturated rings. The Labute approximate surface area is 90.3 Å². The Balaban J connectivity index is 2.20. The highest BCUT2D eigenvalue weighted by molar-refractivity contribution is 6.18. The number of ether oxygens (including phenoxy) is 1. The van der Waals surface area contributed by atoms with Crippen LogP contribution in [0.15, 0.2) is 12.2 Å². The Morgan fingerprint density at radius 1 is 1.36 bits per heavy atom. The molecule has 0 bridgehead atoms. The Kier molecular flexibility index (Phi) is 5.69. The molecule has 0 heterocycles. The molecule has 80 valence electrons. The van der Waals surface area contributed by atoms with E-state index in [1.807, 2.05) is 6.08 Å². The summed E-state index contributed by atoms with van der Waals surface area (Å²) in [7, 11) is 0. The van der Waals surface area contributed by atoms with Gasteiger partial charge in [-0.2, -0.15) is 0 Å². The van der Waals surface area contributed by atoms with Gasteiger partial charge in [0.25, 0.3) is 0 Å². The minimum absolute atomic E-state index is 0.267. The molecule has 0 aromatic carbocycles. The van der Waals surface area contributed by atoms with Crippen LogP contribution >= 0.6 is 11.6 Å². The molecular formula is C11H17ClO2. The van der Waals surface area contributed by atoms with E-state index in [0.29, 0.717) is 18.4 Å². The molecular weight excluding hydrogens is 200 g/mol. The lowest BCUT2D eigenvalue weighted by Gasteiger charge is -2.17. The Bertz CT molecular complexity index is 195. The van der Waals surface area contributed by atoms with Gasteiger partial charge in [0.1, 0.15) is 6.61 Å². The second-order valence-corrected chi connectivity index (χ2v) is 3.99. The Morgan fingerprint density at radius 3 is 2.71 bits per heavy atom. The van der Waals surface area contributed by atoms with E-state index < -0.39 is 0 Å². The summed E-state index contributed by atoms with van der Waals surface area (Å²) in [4.78, 5) is 11.1. The quantitative estimate of drug-likeness (QED) is 0.410. The number of esters is 1. The smallest absolute Gasteiger partial charge is 0.330 e. The van der Waals surface area contributed by atoms with Crippen LogP contribution in [0.2, 0.25) is 0 Å². The summed E-state index contributed by atoms with van der Waals surface area (Å²) in [6.45, 7) is 0.301. The van der Waals surface area contributed by atoms with E-state index in [4.69, 9.17) is 16.3 Å². The van der Waals surface area contributed by atoms with Crippen LogP contribution in [0.25, 0.3) is 0 Å². The van der Waals surface area contributed by atoms with Crippen LogP contribution < -0.4 is 0 Å². The summed E-state index contributed by atoms with van der Waals surface area (Å²) in [5.74, 6) is 0.673. The number of allylic oxidation sites excluding steroid dienone is 1. The Morgan fingerprint density at radius 2 is 2.07 bits per heavy atom. The first-order valence-electron chi connectivity index (χ1n) is 5.24. The van der Waals surface area contributed by atoms with E-state index in [2.05, 4.69) is 0 Å². The van der Waals surface area contributed by atoms with Crippen molar-refractivity contribution in [3.05, 3.63) is 12.2 Å². The van der Waals surface area contributed by atoms with E-state index in [0.717, 1.165) is 0 Å². The molecule has 0 radical (unpaired) electrons. The van der Waals surface area contributed by atoms with Crippen molar-refractivity contribution in [2.24, 2.45) is 5.92 Å². The van der Waals surface area contributed by atoms with E-state index in [-0.39, 0.29) is 5.97 Å². The maximum atomic E-state index is 11.1. The molecule has 1 saturated carbocycles. The molecule has 1 aliphatic carbocycles. The normalized spacial score (nSPS) is 18.6. The van der Waals surface area contributed by atoms with Crippen molar-refractivity contribution < 1.29 is 9.53 Å². The molecule has 3 heteroatoms. The fourth-order valence-electron chi connectivity index (χ4n) is 1.73. The Hall–Kier alpha value is -0.500. The van der Waals surface area contributed by atoms with Gasteiger partial charge < -0.3 is 4.74 Å². The van der Waals surface area contributed by atoms with Crippen LogP contribution in [0.5, 0.6) is 0 Å². The fourth-order valence-corrected chi connectivity index (χ4v) is 1.81. The van der Waals surface area contributed by atoms with Crippen molar-refractivity contribution >= 4 is 17.6 Å². The third-order valence-electron chi connectivity index (χ3n) is 2.48. The lowest BCUT2D eigenvalue weighted by molar-refractivity contribution is -0.137. The fraction of sp³-hybridized carbons (Fsp3) is 0.727. The van der Waals surface area contributed by atoms with Gasteiger partial charge in [0, 0.05) is 6.08 Å². The minimum atomic E-state index is -0.267. The maximum Gasteiger partial charge on any atom is 0.330 e. The monoisotopic (exact) mass is 216 g/mol. The van der Waals surface area contributed by atoms with Crippen LogP contribution in [0.1, 0.15) is 32.1 Å². The second kappa shape index (κ2) is 6.88. The van der Waals surface area contributed by atoms with Gasteiger partial charge in [-0.05, 0) is 18.8 Å². The summed E-state index contributed by atoms with van der Waals surface area (Å²) >= 11 is 5.39. The third-order valence-corrected chi connectivity index (χ3v) is 2.63. The average Bonchev–Trinajstić information content (AvgIpc) is 2.25. The van der Waals surface area contributed by atoms with Crippen molar-refractivity contribution in [1.29, 1.82) is 0 Å². The van der Waals surface area contributed by atoms with Crippen molar-refractivity contribution in [3.63, 3.8) is 0 Å². The van der Waals surface area contributed by atoms with Gasteiger partial charge in [0.05, 0.1) is 5.88 Å². The van der Waals surface area contributed by atoms with E-state index in [9.17, 15) is 4.79 Å². The summed E-state index contributed by atoms with van der Waals surface area (Å²) < 4.78 is 4.82. The minimum Gasteiger partial charge on any atom is -0.461 e. The first-order valence-corrected chi connectivity index (χ1v) is 5.77. The predicted molar refractivity (Wildman–Crippen MR) is 57.4 cm³/mol. The predicted octanol–water partition coefficient (Wildman–Crippen LogP) is 2.90. The molecule has 0 aliphatic heterocycles. The van der Waals surface area contributed by atoms with Gasteiger partial charge in [0.2, 0.25) is 0 Å². The molecule has 0 N–H and O–H groups in total. The lowest BCUT2D eigenvalue weighted by Crippen LogP contribution is -2.06. The van der Waals surface area contributed by atoms with Gasteiger partial charge >= 0.3 is 5.97 Å². The molecule has 0 spiro atoms. The summed E-state index contributed by atoms with van der Waals surface area (Å²) in [6, 6.07) is 0. The zero-order valence-corrected chi connectivity index (χ0v) is 9.13. The van der Waals surface area contributed by atoms with Gasteiger partial charge in [-0.1, -0.05) is 25.3 Å². The van der Waals surface area contributed by atoms with Crippen LogP contribution in [0, 0.1) is 5.92 Å². The first kappa shape index (κ1) is 11.6. The molecule has 0 amide bonds. The van der Waals surface area contributed by atoms with E-state index in [1.165, 1.54) is 32.1 Å². The lowest BCUT2D eigenvalue weighted by atomic mass is 9.89. The molecule has 1 aliphatic rings. The highest BCUT2D eigenvalue weighted by Crippen LogP contribution is 2.24. The van der Waals surface area contributed by atoms with Crippen molar-refractivity contribution in [2.45, 2.75) is 32.1 Å². The average molecular weight is 217 g/mol. The molecule has 0 saturated heterocycles. The standard InChI is InChI=1S/C11H17ClO2/c12-8-9-14-11(13)7-6-10-4-2-1-3-5-10/h6-7,10H,1-5,8-9H2/b7-6+. The summed E-state index contributed by atoms with van der Waals surface area (Å²) in [6.07, 6.45) is 9.84. The van der Waals surface area contributed by atoms with Gasteiger partial charge in [-0.3, -0.25) is 0 Å². The molecule has 1 rings (SSSR count). The van der Waals surface area contributed by atoms with Crippen LogP contribution in [-0.4, -0.2) is 18.5 Å². The number of carbonyl (C=O) groups is 1. The first-order chi connectivity index (χ1) is 6.83. The largest absolute Gasteiger partial charge is 0.461 e. The molecule has 0 unspecified atom stereocenters. The van der Waals surface area contributed by atoms with Crippen molar-refractivity contribution in [1.82, 2.24) is 0 Å². The van der Waals surface area contributed by atoms with Gasteiger partial charge in [0.15, 0.2) is 0 Å². The van der Waals surface area contributed by atoms with E-state index >= 15 is 0 Å². The highest BCUT2D eigenvalue weighted by atomic mass is 35.5. The summed E-state index contributed by atoms with van der Waals surface area (Å²) in [5.41, 5.74) is 0. The topological polar surface area (TPSA) is 26.3 Å². The van der Waals surface area contributed by atoms with Gasteiger partial charge in [-0.15, -0.1) is 11.6 Å². The molecule has 0 aromatic heterocycles. The molecule has 0 atom stereocenters. The van der Waals surface area contributed by atoms with Crippen LogP contribution in [-0.2, 0) is 9.53 Å². The maximum absolute atomic E-state index is 11.1. The van der Waals surface area contributed by atoms with Crippen LogP contribution in [0.3, 0.4) is 0 Å². The van der Waals surface area contributed by atoms with Crippen molar-refractivity contribution in [2.75, 3.05) is 12.5 Å². The summed E-state index contributed by atoms with van der Waals surface area (Å²) in [5, 5.41) is 0. The zero-order valence-electron chi connectivity index (χ0n) is 8.38. The highest BCUT2D eigenvalue weighted by Gasteiger charge is 2.10. The van der Waals surface area contributed by atoms with E-state index in [1.54, 1.807) is 6.08 Å². The number of hydrogen-bond donors (Lipinski definition) is 0.